The van der Waals surface area contributed by atoms with E-state index in [1.54, 1.807) is 0 Å². The maximum atomic E-state index is 12.8. The fraction of sp³-hybridized carbons (Fsp3) is 0.787. The Morgan fingerprint density at radius 2 is 0.582 bits per heavy atom. The average molecular weight is 938 g/mol. The van der Waals surface area contributed by atoms with Crippen LogP contribution in [0, 0.1) is 0 Å². The highest BCUT2D eigenvalue weighted by atomic mass is 16.6. The highest BCUT2D eigenvalue weighted by molar-refractivity contribution is 5.71. The SMILES string of the molecule is CC/C=C\C/C=C\C/C=C\CCCCCCC(=O)OCC(COC(=O)CCCCCCCCC/C=C\CCCCCCCCCC)OC(=O)CCCCCCC/C=C\CCCCCCCCC. The van der Waals surface area contributed by atoms with Crippen molar-refractivity contribution < 1.29 is 28.6 Å². The van der Waals surface area contributed by atoms with E-state index in [0.717, 1.165) is 103 Å². The summed E-state index contributed by atoms with van der Waals surface area (Å²) in [6, 6.07) is 0. The Morgan fingerprint density at radius 3 is 0.925 bits per heavy atom. The van der Waals surface area contributed by atoms with Gasteiger partial charge in [-0.3, -0.25) is 14.4 Å². The van der Waals surface area contributed by atoms with Crippen LogP contribution in [-0.2, 0) is 28.6 Å². The Bertz CT molecular complexity index is 1210. The molecule has 0 amide bonds. The highest BCUT2D eigenvalue weighted by Crippen LogP contribution is 2.15. The lowest BCUT2D eigenvalue weighted by Crippen LogP contribution is -2.30. The number of hydrogen-bond donors (Lipinski definition) is 0. The van der Waals surface area contributed by atoms with E-state index >= 15 is 0 Å². The minimum Gasteiger partial charge on any atom is -0.462 e. The zero-order valence-electron chi connectivity index (χ0n) is 44.4. The number of allylic oxidation sites excluding steroid dienone is 10. The van der Waals surface area contributed by atoms with Crippen molar-refractivity contribution in [1.29, 1.82) is 0 Å². The molecule has 0 aliphatic carbocycles. The topological polar surface area (TPSA) is 78.9 Å². The van der Waals surface area contributed by atoms with Gasteiger partial charge in [-0.05, 0) is 103 Å². The molecule has 0 bridgehead atoms. The summed E-state index contributed by atoms with van der Waals surface area (Å²) in [5.41, 5.74) is 0. The normalized spacial score (nSPS) is 12.5. The van der Waals surface area contributed by atoms with Crippen LogP contribution in [0.2, 0.25) is 0 Å². The molecular formula is C61H108O6. The molecule has 0 aromatic heterocycles. The van der Waals surface area contributed by atoms with Crippen LogP contribution in [-0.4, -0.2) is 37.2 Å². The van der Waals surface area contributed by atoms with Crippen molar-refractivity contribution in [1.82, 2.24) is 0 Å². The van der Waals surface area contributed by atoms with Gasteiger partial charge < -0.3 is 14.2 Å². The number of hydrogen-bond acceptors (Lipinski definition) is 6. The number of carbonyl (C=O) groups is 3. The van der Waals surface area contributed by atoms with Gasteiger partial charge in [0.1, 0.15) is 13.2 Å². The molecule has 0 rings (SSSR count). The monoisotopic (exact) mass is 937 g/mol. The quantitative estimate of drug-likeness (QED) is 0.0262. The van der Waals surface area contributed by atoms with Crippen molar-refractivity contribution in [2.24, 2.45) is 0 Å². The molecule has 0 radical (unpaired) electrons. The predicted molar refractivity (Wildman–Crippen MR) is 288 cm³/mol. The second-order valence-electron chi connectivity index (χ2n) is 19.2. The lowest BCUT2D eigenvalue weighted by molar-refractivity contribution is -0.167. The van der Waals surface area contributed by atoms with Gasteiger partial charge in [0.05, 0.1) is 0 Å². The summed E-state index contributed by atoms with van der Waals surface area (Å²) in [7, 11) is 0. The summed E-state index contributed by atoms with van der Waals surface area (Å²) in [4.78, 5) is 38.1. The van der Waals surface area contributed by atoms with Gasteiger partial charge in [-0.2, -0.15) is 0 Å². The van der Waals surface area contributed by atoms with Crippen molar-refractivity contribution in [3.8, 4) is 0 Å². The van der Waals surface area contributed by atoms with Crippen LogP contribution in [0.25, 0.3) is 0 Å². The van der Waals surface area contributed by atoms with Crippen LogP contribution >= 0.6 is 0 Å². The zero-order chi connectivity index (χ0) is 48.6. The summed E-state index contributed by atoms with van der Waals surface area (Å²) in [5, 5.41) is 0. The van der Waals surface area contributed by atoms with E-state index in [4.69, 9.17) is 14.2 Å². The molecule has 0 heterocycles. The van der Waals surface area contributed by atoms with Gasteiger partial charge in [0, 0.05) is 19.3 Å². The first-order valence-electron chi connectivity index (χ1n) is 28.8. The summed E-state index contributed by atoms with van der Waals surface area (Å²) in [6.45, 7) is 6.52. The number of esters is 3. The largest absolute Gasteiger partial charge is 0.462 e. The van der Waals surface area contributed by atoms with Gasteiger partial charge in [0.2, 0.25) is 0 Å². The second kappa shape index (κ2) is 55.7. The standard InChI is InChI=1S/C61H108O6/c1-4-7-10-13-16-19-22-25-28-30-31-32-34-36-39-42-45-48-51-54-60(63)66-57-58(56-65-59(62)53-50-47-44-41-38-35-27-24-21-18-15-12-9-6-3)67-61(64)55-52-49-46-43-40-37-33-29-26-23-20-17-14-11-8-5-2/h9,12,18,21,27,29-31,33,35,58H,4-8,10-11,13-17,19-20,22-26,28,32,34,36-57H2,1-3H3/b12-9-,21-18-,31-30-,33-29-,35-27-. The van der Waals surface area contributed by atoms with Crippen molar-refractivity contribution in [2.45, 2.75) is 297 Å². The van der Waals surface area contributed by atoms with Gasteiger partial charge in [-0.15, -0.1) is 0 Å². The Balaban J connectivity index is 4.39. The summed E-state index contributed by atoms with van der Waals surface area (Å²) >= 11 is 0. The Hall–Kier alpha value is -2.89. The molecule has 1 atom stereocenters. The van der Waals surface area contributed by atoms with Crippen LogP contribution in [0.4, 0.5) is 0 Å². The molecule has 0 aliphatic heterocycles. The first-order valence-corrected chi connectivity index (χ1v) is 28.8. The molecule has 0 fully saturated rings. The minimum atomic E-state index is -0.789. The van der Waals surface area contributed by atoms with Crippen LogP contribution in [0.3, 0.4) is 0 Å². The Labute approximate surface area is 415 Å². The third kappa shape index (κ3) is 53.9. The summed E-state index contributed by atoms with van der Waals surface area (Å²) < 4.78 is 16.8. The molecule has 67 heavy (non-hydrogen) atoms. The van der Waals surface area contributed by atoms with E-state index < -0.39 is 6.10 Å². The molecular weight excluding hydrogens is 829 g/mol. The molecule has 0 N–H and O–H groups in total. The minimum absolute atomic E-state index is 0.0862. The molecule has 6 nitrogen and oxygen atoms in total. The number of unbranched alkanes of at least 4 members (excludes halogenated alkanes) is 31. The molecule has 0 saturated carbocycles. The third-order valence-electron chi connectivity index (χ3n) is 12.5. The summed E-state index contributed by atoms with van der Waals surface area (Å²) in [5.74, 6) is -0.912. The van der Waals surface area contributed by atoms with Gasteiger partial charge in [-0.25, -0.2) is 0 Å². The molecule has 388 valence electrons. The van der Waals surface area contributed by atoms with Crippen LogP contribution in [0.15, 0.2) is 60.8 Å². The van der Waals surface area contributed by atoms with Crippen LogP contribution in [0.5, 0.6) is 0 Å². The van der Waals surface area contributed by atoms with E-state index in [0.29, 0.717) is 19.3 Å². The van der Waals surface area contributed by atoms with Gasteiger partial charge in [-0.1, -0.05) is 229 Å². The van der Waals surface area contributed by atoms with Crippen molar-refractivity contribution in [3.63, 3.8) is 0 Å². The highest BCUT2D eigenvalue weighted by Gasteiger charge is 2.19. The zero-order valence-corrected chi connectivity index (χ0v) is 44.4. The van der Waals surface area contributed by atoms with Crippen LogP contribution < -0.4 is 0 Å². The van der Waals surface area contributed by atoms with E-state index in [1.807, 2.05) is 0 Å². The first-order chi connectivity index (χ1) is 33.0. The summed E-state index contributed by atoms with van der Waals surface area (Å²) in [6.07, 6.45) is 69.3. The van der Waals surface area contributed by atoms with E-state index in [-0.39, 0.29) is 31.1 Å². The van der Waals surface area contributed by atoms with Crippen molar-refractivity contribution >= 4 is 17.9 Å². The van der Waals surface area contributed by atoms with Gasteiger partial charge in [0.15, 0.2) is 6.10 Å². The first kappa shape index (κ1) is 64.1. The average Bonchev–Trinajstić information content (AvgIpc) is 3.33. The third-order valence-corrected chi connectivity index (χ3v) is 12.5. The van der Waals surface area contributed by atoms with Crippen molar-refractivity contribution in [2.75, 3.05) is 13.2 Å². The van der Waals surface area contributed by atoms with Gasteiger partial charge in [0.25, 0.3) is 0 Å². The van der Waals surface area contributed by atoms with E-state index in [1.165, 1.54) is 148 Å². The van der Waals surface area contributed by atoms with Gasteiger partial charge >= 0.3 is 17.9 Å². The predicted octanol–water partition coefficient (Wildman–Crippen LogP) is 19.2. The molecule has 1 unspecified atom stereocenters. The van der Waals surface area contributed by atoms with E-state index in [9.17, 15) is 14.4 Å². The van der Waals surface area contributed by atoms with E-state index in [2.05, 4.69) is 81.5 Å². The number of carbonyl (C=O) groups excluding carboxylic acids is 3. The molecule has 0 aromatic rings. The Kier molecular flexibility index (Phi) is 53.3. The number of rotatable bonds is 52. The second-order valence-corrected chi connectivity index (χ2v) is 19.2. The van der Waals surface area contributed by atoms with Crippen molar-refractivity contribution in [3.05, 3.63) is 60.8 Å². The fourth-order valence-electron chi connectivity index (χ4n) is 8.15. The lowest BCUT2D eigenvalue weighted by atomic mass is 10.1. The lowest BCUT2D eigenvalue weighted by Gasteiger charge is -2.18. The fourth-order valence-corrected chi connectivity index (χ4v) is 8.15. The Morgan fingerprint density at radius 1 is 0.313 bits per heavy atom. The number of ether oxygens (including phenoxy) is 3. The molecule has 6 heteroatoms. The smallest absolute Gasteiger partial charge is 0.306 e. The molecule has 0 saturated heterocycles. The maximum absolute atomic E-state index is 12.8. The van der Waals surface area contributed by atoms with Crippen LogP contribution in [0.1, 0.15) is 290 Å². The maximum Gasteiger partial charge on any atom is 0.306 e. The molecule has 0 aromatic carbocycles. The molecule has 0 aliphatic rings. The molecule has 0 spiro atoms.